The van der Waals surface area contributed by atoms with E-state index in [2.05, 4.69) is 14.8 Å². The number of nitrogen functional groups attached to an aromatic ring is 1. The Kier molecular flexibility index (Phi) is 3.55. The fourth-order valence-corrected chi connectivity index (χ4v) is 1.93. The minimum atomic E-state index is -0.516. The summed E-state index contributed by atoms with van der Waals surface area (Å²) in [5.41, 5.74) is 7.06. The van der Waals surface area contributed by atoms with Gasteiger partial charge in [0.2, 0.25) is 0 Å². The number of nitrogens with zero attached hydrogens (tertiary/aromatic N) is 4. The van der Waals surface area contributed by atoms with E-state index in [0.717, 1.165) is 12.1 Å². The van der Waals surface area contributed by atoms with Gasteiger partial charge in [-0.15, -0.1) is 0 Å². The molecule has 19 heavy (non-hydrogen) atoms. The average Bonchev–Trinajstić information content (AvgIpc) is 2.91. The molecule has 0 bridgehead atoms. The van der Waals surface area contributed by atoms with E-state index in [1.807, 2.05) is 19.3 Å². The van der Waals surface area contributed by atoms with Gasteiger partial charge in [0.05, 0.1) is 12.8 Å². The van der Waals surface area contributed by atoms with Crippen molar-refractivity contribution in [2.24, 2.45) is 7.05 Å². The van der Waals surface area contributed by atoms with Crippen molar-refractivity contribution in [1.82, 2.24) is 19.3 Å². The highest BCUT2D eigenvalue weighted by Crippen LogP contribution is 2.15. The highest BCUT2D eigenvalue weighted by Gasteiger charge is 2.18. The first kappa shape index (κ1) is 13.1. The SMILES string of the molecule is COC(=O)c1nc(C)n(CCc2ccn(C)n2)c1N. The molecule has 0 aliphatic carbocycles. The summed E-state index contributed by atoms with van der Waals surface area (Å²) in [5, 5.41) is 4.29. The topological polar surface area (TPSA) is 88.0 Å². The Morgan fingerprint density at radius 3 is 2.84 bits per heavy atom. The number of nitrogens with two attached hydrogens (primary N) is 1. The number of ether oxygens (including phenoxy) is 1. The molecule has 0 atom stereocenters. The van der Waals surface area contributed by atoms with Gasteiger partial charge in [-0.2, -0.15) is 5.10 Å². The van der Waals surface area contributed by atoms with Crippen molar-refractivity contribution in [2.75, 3.05) is 12.8 Å². The van der Waals surface area contributed by atoms with Crippen molar-refractivity contribution < 1.29 is 9.53 Å². The van der Waals surface area contributed by atoms with Crippen LogP contribution in [-0.2, 0) is 24.8 Å². The number of imidazole rings is 1. The van der Waals surface area contributed by atoms with Crippen molar-refractivity contribution in [3.8, 4) is 0 Å². The fourth-order valence-electron chi connectivity index (χ4n) is 1.93. The molecule has 0 aromatic carbocycles. The number of esters is 1. The molecule has 102 valence electrons. The number of carbonyl (C=O) groups is 1. The summed E-state index contributed by atoms with van der Waals surface area (Å²) < 4.78 is 8.18. The molecule has 0 unspecified atom stereocenters. The van der Waals surface area contributed by atoms with Gasteiger partial charge in [0.15, 0.2) is 5.69 Å². The Balaban J connectivity index is 2.16. The van der Waals surface area contributed by atoms with Crippen molar-refractivity contribution in [1.29, 1.82) is 0 Å². The molecule has 7 heteroatoms. The predicted molar refractivity (Wildman–Crippen MR) is 69.6 cm³/mol. The van der Waals surface area contributed by atoms with E-state index in [-0.39, 0.29) is 5.69 Å². The van der Waals surface area contributed by atoms with Crippen LogP contribution >= 0.6 is 0 Å². The fraction of sp³-hybridized carbons (Fsp3) is 0.417. The Morgan fingerprint density at radius 2 is 2.26 bits per heavy atom. The highest BCUT2D eigenvalue weighted by atomic mass is 16.5. The molecular formula is C12H17N5O2. The van der Waals surface area contributed by atoms with Crippen LogP contribution in [0.1, 0.15) is 22.0 Å². The second-order valence-electron chi connectivity index (χ2n) is 4.27. The van der Waals surface area contributed by atoms with Gasteiger partial charge in [-0.3, -0.25) is 4.68 Å². The average molecular weight is 263 g/mol. The Hall–Kier alpha value is -2.31. The zero-order chi connectivity index (χ0) is 14.0. The van der Waals surface area contributed by atoms with Crippen LogP contribution < -0.4 is 5.73 Å². The third kappa shape index (κ3) is 2.59. The molecule has 2 aromatic heterocycles. The summed E-state index contributed by atoms with van der Waals surface area (Å²) in [6.45, 7) is 2.43. The number of rotatable bonds is 4. The number of anilines is 1. The Bertz CT molecular complexity index is 599. The van der Waals surface area contributed by atoms with Crippen LogP contribution in [0, 0.1) is 6.92 Å². The maximum atomic E-state index is 11.5. The lowest BCUT2D eigenvalue weighted by Gasteiger charge is -2.06. The highest BCUT2D eigenvalue weighted by molar-refractivity contribution is 5.92. The van der Waals surface area contributed by atoms with Crippen LogP contribution in [0.25, 0.3) is 0 Å². The summed E-state index contributed by atoms with van der Waals surface area (Å²) in [5.74, 6) is 0.506. The third-order valence-electron chi connectivity index (χ3n) is 2.94. The van der Waals surface area contributed by atoms with Crippen molar-refractivity contribution in [2.45, 2.75) is 19.9 Å². The zero-order valence-corrected chi connectivity index (χ0v) is 11.3. The van der Waals surface area contributed by atoms with E-state index in [0.29, 0.717) is 18.2 Å². The van der Waals surface area contributed by atoms with Crippen LogP contribution in [0.5, 0.6) is 0 Å². The molecule has 0 amide bonds. The summed E-state index contributed by atoms with van der Waals surface area (Å²) >= 11 is 0. The van der Waals surface area contributed by atoms with Gasteiger partial charge >= 0.3 is 5.97 Å². The third-order valence-corrected chi connectivity index (χ3v) is 2.94. The first-order valence-electron chi connectivity index (χ1n) is 5.92. The molecule has 2 heterocycles. The molecule has 7 nitrogen and oxygen atoms in total. The lowest BCUT2D eigenvalue weighted by Crippen LogP contribution is -2.10. The number of aryl methyl sites for hydroxylation is 3. The molecule has 2 aromatic rings. The summed E-state index contributed by atoms with van der Waals surface area (Å²) in [6.07, 6.45) is 2.61. The molecular weight excluding hydrogens is 246 g/mol. The van der Waals surface area contributed by atoms with Gasteiger partial charge in [0.25, 0.3) is 0 Å². The monoisotopic (exact) mass is 263 g/mol. The smallest absolute Gasteiger partial charge is 0.360 e. The largest absolute Gasteiger partial charge is 0.464 e. The second kappa shape index (κ2) is 5.13. The summed E-state index contributed by atoms with van der Waals surface area (Å²) in [6, 6.07) is 1.95. The molecule has 0 saturated carbocycles. The van der Waals surface area contributed by atoms with E-state index in [1.165, 1.54) is 7.11 Å². The first-order valence-corrected chi connectivity index (χ1v) is 5.92. The minimum Gasteiger partial charge on any atom is -0.464 e. The van der Waals surface area contributed by atoms with Gasteiger partial charge in [-0.25, -0.2) is 9.78 Å². The van der Waals surface area contributed by atoms with E-state index in [4.69, 9.17) is 5.73 Å². The maximum Gasteiger partial charge on any atom is 0.360 e. The Labute approximate surface area is 111 Å². The van der Waals surface area contributed by atoms with Gasteiger partial charge < -0.3 is 15.0 Å². The van der Waals surface area contributed by atoms with E-state index in [9.17, 15) is 4.79 Å². The lowest BCUT2D eigenvalue weighted by molar-refractivity contribution is 0.0595. The van der Waals surface area contributed by atoms with Crippen LogP contribution in [0.4, 0.5) is 5.82 Å². The molecule has 0 radical (unpaired) electrons. The number of carbonyl (C=O) groups excluding carboxylic acids is 1. The molecule has 0 aliphatic rings. The van der Waals surface area contributed by atoms with Crippen molar-refractivity contribution in [3.63, 3.8) is 0 Å². The van der Waals surface area contributed by atoms with Crippen LogP contribution in [0.2, 0.25) is 0 Å². The van der Waals surface area contributed by atoms with Crippen molar-refractivity contribution in [3.05, 3.63) is 29.5 Å². The normalized spacial score (nSPS) is 10.7. The van der Waals surface area contributed by atoms with Gasteiger partial charge in [-0.05, 0) is 13.0 Å². The van der Waals surface area contributed by atoms with Gasteiger partial charge in [0.1, 0.15) is 11.6 Å². The molecule has 0 saturated heterocycles. The zero-order valence-electron chi connectivity index (χ0n) is 11.3. The molecule has 2 rings (SSSR count). The summed E-state index contributed by atoms with van der Waals surface area (Å²) in [7, 11) is 3.18. The number of hydrogen-bond acceptors (Lipinski definition) is 5. The molecule has 0 aliphatic heterocycles. The molecule has 2 N–H and O–H groups in total. The van der Waals surface area contributed by atoms with E-state index in [1.54, 1.807) is 16.2 Å². The van der Waals surface area contributed by atoms with Crippen LogP contribution in [-0.4, -0.2) is 32.4 Å². The van der Waals surface area contributed by atoms with Crippen LogP contribution in [0.3, 0.4) is 0 Å². The van der Waals surface area contributed by atoms with E-state index < -0.39 is 5.97 Å². The molecule has 0 fully saturated rings. The molecule has 0 spiro atoms. The Morgan fingerprint density at radius 1 is 1.53 bits per heavy atom. The quantitative estimate of drug-likeness (QED) is 0.813. The van der Waals surface area contributed by atoms with Gasteiger partial charge in [-0.1, -0.05) is 0 Å². The second-order valence-corrected chi connectivity index (χ2v) is 4.27. The standard InChI is InChI=1S/C12H17N5O2/c1-8-14-10(12(18)19-3)11(13)17(8)7-5-9-4-6-16(2)15-9/h4,6H,5,7,13H2,1-3H3. The minimum absolute atomic E-state index is 0.168. The van der Waals surface area contributed by atoms with Crippen LogP contribution in [0.15, 0.2) is 12.3 Å². The summed E-state index contributed by atoms with van der Waals surface area (Å²) in [4.78, 5) is 15.6. The first-order chi connectivity index (χ1) is 9.02. The number of hydrogen-bond donors (Lipinski definition) is 1. The predicted octanol–water partition coefficient (Wildman–Crippen LogP) is 0.537. The van der Waals surface area contributed by atoms with E-state index >= 15 is 0 Å². The van der Waals surface area contributed by atoms with Gasteiger partial charge in [0, 0.05) is 26.2 Å². The number of aromatic nitrogens is 4. The lowest BCUT2D eigenvalue weighted by atomic mass is 10.3. The number of methoxy groups -OCH3 is 1. The van der Waals surface area contributed by atoms with Crippen molar-refractivity contribution >= 4 is 11.8 Å². The maximum absolute atomic E-state index is 11.5.